The topological polar surface area (TPSA) is 9.86 Å². The van der Waals surface area contributed by atoms with Gasteiger partial charge in [0.05, 0.1) is 22.1 Å². The Morgan fingerprint density at radius 3 is 1.80 bits per heavy atom. The third-order valence-electron chi connectivity index (χ3n) is 10.2. The largest absolute Gasteiger partial charge is 0.309 e. The Bertz CT molecular complexity index is 2900. The Balaban J connectivity index is 1.45. The van der Waals surface area contributed by atoms with Gasteiger partial charge in [-0.3, -0.25) is 0 Å². The number of para-hydroxylation sites is 2. The molecule has 0 atom stereocenters. The van der Waals surface area contributed by atoms with Gasteiger partial charge in [0.15, 0.2) is 0 Å². The van der Waals surface area contributed by atoms with Gasteiger partial charge in [0.2, 0.25) is 0 Å². The lowest BCUT2D eigenvalue weighted by molar-refractivity contribution is 1.17. The van der Waals surface area contributed by atoms with Crippen LogP contribution in [0.2, 0.25) is 0 Å². The van der Waals surface area contributed by atoms with Gasteiger partial charge in [0.25, 0.3) is 0 Å². The van der Waals surface area contributed by atoms with Crippen LogP contribution in [0.5, 0.6) is 0 Å². The highest BCUT2D eigenvalue weighted by Crippen LogP contribution is 2.53. The van der Waals surface area contributed by atoms with Crippen LogP contribution in [-0.2, 0) is 0 Å². The molecule has 46 heavy (non-hydrogen) atoms. The van der Waals surface area contributed by atoms with Crippen LogP contribution in [0, 0.1) is 0 Å². The summed E-state index contributed by atoms with van der Waals surface area (Å²) < 4.78 is 4.96. The predicted octanol–water partition coefficient (Wildman–Crippen LogP) is 11.8. The minimum Gasteiger partial charge on any atom is -0.309 e. The fourth-order valence-electron chi connectivity index (χ4n) is 8.38. The summed E-state index contributed by atoms with van der Waals surface area (Å²) >= 11 is 0. The number of benzene rings is 8. The summed E-state index contributed by atoms with van der Waals surface area (Å²) in [6, 6.07) is 58.2. The Hall–Kier alpha value is -6.12. The Morgan fingerprint density at radius 2 is 0.935 bits per heavy atom. The van der Waals surface area contributed by atoms with Crippen molar-refractivity contribution in [2.75, 3.05) is 0 Å². The van der Waals surface area contributed by atoms with E-state index < -0.39 is 0 Å². The molecule has 0 fully saturated rings. The van der Waals surface area contributed by atoms with E-state index in [0.717, 1.165) is 0 Å². The molecule has 2 nitrogen and oxygen atoms in total. The predicted molar refractivity (Wildman–Crippen MR) is 195 cm³/mol. The van der Waals surface area contributed by atoms with Crippen LogP contribution in [0.3, 0.4) is 0 Å². The zero-order chi connectivity index (χ0) is 29.9. The summed E-state index contributed by atoms with van der Waals surface area (Å²) in [6.45, 7) is 0. The molecule has 0 unspecified atom stereocenters. The first-order valence-electron chi connectivity index (χ1n) is 16.0. The van der Waals surface area contributed by atoms with Gasteiger partial charge in [-0.25, -0.2) is 0 Å². The molecule has 2 heteroatoms. The summed E-state index contributed by atoms with van der Waals surface area (Å²) in [7, 11) is 0. The lowest BCUT2D eigenvalue weighted by atomic mass is 9.91. The molecule has 212 valence electrons. The molecule has 2 aromatic heterocycles. The van der Waals surface area contributed by atoms with Crippen molar-refractivity contribution in [2.24, 2.45) is 0 Å². The smallest absolute Gasteiger partial charge is 0.0568 e. The van der Waals surface area contributed by atoms with E-state index in [4.69, 9.17) is 0 Å². The highest BCUT2D eigenvalue weighted by atomic mass is 15.0. The fourth-order valence-corrected chi connectivity index (χ4v) is 8.38. The molecule has 0 spiro atoms. The molecule has 1 aliphatic carbocycles. The van der Waals surface area contributed by atoms with Crippen LogP contribution in [0.4, 0.5) is 0 Å². The molecular weight excluding hydrogens is 556 g/mol. The average Bonchev–Trinajstić information content (AvgIpc) is 3.59. The summed E-state index contributed by atoms with van der Waals surface area (Å²) in [4.78, 5) is 0. The number of hydrogen-bond acceptors (Lipinski definition) is 0. The maximum atomic E-state index is 2.48. The minimum atomic E-state index is 1.17. The fraction of sp³-hybridized carbons (Fsp3) is 0. The Morgan fingerprint density at radius 1 is 0.304 bits per heavy atom. The summed E-state index contributed by atoms with van der Waals surface area (Å²) in [5.41, 5.74) is 12.5. The van der Waals surface area contributed by atoms with Gasteiger partial charge in [-0.05, 0) is 80.7 Å². The highest BCUT2D eigenvalue weighted by Gasteiger charge is 2.28. The van der Waals surface area contributed by atoms with Gasteiger partial charge in [0, 0.05) is 38.5 Å². The van der Waals surface area contributed by atoms with E-state index >= 15 is 0 Å². The standard InChI is InChI=1S/C44H26N2/c1-2-15-30(16-3-1)45-37-22-10-19-33-32-18-8-13-28-14-9-20-35(40(28)32)43-42-34-17-6-7-21-36(34)46(38(42)26-39(45)44(43)41(33)37)31-24-23-27-11-4-5-12-29(27)25-31/h1-26H. The van der Waals surface area contributed by atoms with Crippen LogP contribution < -0.4 is 0 Å². The van der Waals surface area contributed by atoms with Gasteiger partial charge in [-0.1, -0.05) is 115 Å². The van der Waals surface area contributed by atoms with Crippen molar-refractivity contribution in [3.63, 3.8) is 0 Å². The first-order chi connectivity index (χ1) is 22.8. The minimum absolute atomic E-state index is 1.17. The van der Waals surface area contributed by atoms with Crippen molar-refractivity contribution in [3.8, 4) is 33.6 Å². The number of fused-ring (bicyclic) bond motifs is 7. The van der Waals surface area contributed by atoms with Crippen molar-refractivity contribution in [1.29, 1.82) is 0 Å². The second-order valence-electron chi connectivity index (χ2n) is 12.5. The maximum absolute atomic E-state index is 2.48. The van der Waals surface area contributed by atoms with Gasteiger partial charge in [-0.2, -0.15) is 0 Å². The first kappa shape index (κ1) is 24.2. The summed E-state index contributed by atoms with van der Waals surface area (Å²) in [6.07, 6.45) is 0. The van der Waals surface area contributed by atoms with Gasteiger partial charge >= 0.3 is 0 Å². The molecule has 0 aliphatic heterocycles. The van der Waals surface area contributed by atoms with Gasteiger partial charge < -0.3 is 9.13 Å². The van der Waals surface area contributed by atoms with Crippen molar-refractivity contribution in [1.82, 2.24) is 9.13 Å². The lowest BCUT2D eigenvalue weighted by Gasteiger charge is -2.15. The van der Waals surface area contributed by atoms with E-state index in [9.17, 15) is 0 Å². The number of nitrogens with zero attached hydrogens (tertiary/aromatic N) is 2. The molecule has 0 N–H and O–H groups in total. The molecule has 0 bridgehead atoms. The molecule has 0 saturated heterocycles. The SMILES string of the molecule is c1ccc(-n2c3cccc4c3c3c(c5c6ccccc6n(-c6ccc7ccccc7c6)c5cc32)-c2cccc3cccc-4c23)cc1. The molecule has 8 aromatic carbocycles. The quantitative estimate of drug-likeness (QED) is 0.192. The van der Waals surface area contributed by atoms with E-state index in [1.165, 1.54) is 98.8 Å². The van der Waals surface area contributed by atoms with E-state index in [-0.39, 0.29) is 0 Å². The van der Waals surface area contributed by atoms with E-state index in [0.29, 0.717) is 0 Å². The second kappa shape index (κ2) is 8.74. The van der Waals surface area contributed by atoms with Crippen LogP contribution in [0.1, 0.15) is 0 Å². The number of hydrogen-bond donors (Lipinski definition) is 0. The molecular formula is C44H26N2. The third-order valence-corrected chi connectivity index (χ3v) is 10.2. The van der Waals surface area contributed by atoms with E-state index in [1.54, 1.807) is 0 Å². The third kappa shape index (κ3) is 3.01. The average molecular weight is 583 g/mol. The molecule has 10 aromatic rings. The second-order valence-corrected chi connectivity index (χ2v) is 12.5. The Labute approximate surface area is 265 Å². The lowest BCUT2D eigenvalue weighted by Crippen LogP contribution is -1.97. The molecule has 11 rings (SSSR count). The number of aromatic nitrogens is 2. The molecule has 1 aliphatic rings. The van der Waals surface area contributed by atoms with Crippen LogP contribution in [-0.4, -0.2) is 9.13 Å². The molecule has 0 radical (unpaired) electrons. The monoisotopic (exact) mass is 582 g/mol. The van der Waals surface area contributed by atoms with Crippen molar-refractivity contribution in [3.05, 3.63) is 158 Å². The van der Waals surface area contributed by atoms with Gasteiger partial charge in [-0.15, -0.1) is 0 Å². The molecule has 0 amide bonds. The zero-order valence-electron chi connectivity index (χ0n) is 24.9. The highest BCUT2D eigenvalue weighted by molar-refractivity contribution is 6.34. The van der Waals surface area contributed by atoms with Crippen LogP contribution >= 0.6 is 0 Å². The van der Waals surface area contributed by atoms with E-state index in [2.05, 4.69) is 167 Å². The summed E-state index contributed by atoms with van der Waals surface area (Å²) in [5, 5.41) is 10.3. The normalized spacial score (nSPS) is 12.3. The first-order valence-corrected chi connectivity index (χ1v) is 16.0. The van der Waals surface area contributed by atoms with Crippen LogP contribution in [0.15, 0.2) is 158 Å². The van der Waals surface area contributed by atoms with Crippen LogP contribution in [0.25, 0.3) is 98.8 Å². The van der Waals surface area contributed by atoms with Gasteiger partial charge in [0.1, 0.15) is 0 Å². The maximum Gasteiger partial charge on any atom is 0.0568 e. The van der Waals surface area contributed by atoms with E-state index in [1.807, 2.05) is 0 Å². The Kier molecular flexibility index (Phi) is 4.61. The molecule has 0 saturated carbocycles. The van der Waals surface area contributed by atoms with Crippen molar-refractivity contribution in [2.45, 2.75) is 0 Å². The van der Waals surface area contributed by atoms with Crippen molar-refractivity contribution >= 4 is 65.2 Å². The molecule has 2 heterocycles. The number of rotatable bonds is 2. The van der Waals surface area contributed by atoms with Crippen molar-refractivity contribution < 1.29 is 0 Å². The summed E-state index contributed by atoms with van der Waals surface area (Å²) in [5.74, 6) is 0. The zero-order valence-corrected chi connectivity index (χ0v) is 24.9.